The largest absolute Gasteiger partial charge is 0.378 e. The Morgan fingerprint density at radius 3 is 2.45 bits per heavy atom. The van der Waals surface area contributed by atoms with Crippen molar-refractivity contribution in [1.29, 1.82) is 0 Å². The number of methoxy groups -OCH3 is 1. The van der Waals surface area contributed by atoms with Crippen LogP contribution in [0.3, 0.4) is 0 Å². The average molecular weight is 335 g/mol. The van der Waals surface area contributed by atoms with E-state index in [0.29, 0.717) is 4.83 Å². The monoisotopic (exact) mass is 334 g/mol. The van der Waals surface area contributed by atoms with E-state index in [-0.39, 0.29) is 5.60 Å². The first kappa shape index (κ1) is 12.2. The summed E-state index contributed by atoms with van der Waals surface area (Å²) in [5.74, 6) is 0. The molecule has 0 saturated heterocycles. The maximum absolute atomic E-state index is 5.35. The fourth-order valence-corrected chi connectivity index (χ4v) is 1.68. The van der Waals surface area contributed by atoms with Gasteiger partial charge in [-0.2, -0.15) is 0 Å². The van der Waals surface area contributed by atoms with Gasteiger partial charge in [0.1, 0.15) is 0 Å². The topological polar surface area (TPSA) is 9.23 Å². The Balaban J connectivity index is 3.71. The summed E-state index contributed by atoms with van der Waals surface area (Å²) in [6.45, 7) is 4.22. The van der Waals surface area contributed by atoms with Crippen LogP contribution in [-0.4, -0.2) is 22.0 Å². The molecule has 0 rings (SSSR count). The van der Waals surface area contributed by atoms with Crippen LogP contribution in [0.25, 0.3) is 0 Å². The third-order valence-corrected chi connectivity index (χ3v) is 4.19. The number of halogens is 2. The summed E-state index contributed by atoms with van der Waals surface area (Å²) in [5.41, 5.74) is -0.0359. The normalized spacial score (nSPS) is 15.0. The molecule has 0 heterocycles. The summed E-state index contributed by atoms with van der Waals surface area (Å²) in [5, 5.41) is 0. The van der Waals surface area contributed by atoms with Crippen molar-refractivity contribution in [3.8, 4) is 0 Å². The summed E-state index contributed by atoms with van der Waals surface area (Å²) < 4.78 is 6.57. The minimum absolute atomic E-state index is 0.0359. The molecule has 1 unspecified atom stereocenters. The third kappa shape index (κ3) is 4.68. The maximum Gasteiger partial charge on any atom is 0.0747 e. The summed E-state index contributed by atoms with van der Waals surface area (Å²) in [7, 11) is 1.76. The smallest absolute Gasteiger partial charge is 0.0747 e. The van der Waals surface area contributed by atoms with Gasteiger partial charge in [-0.05, 0) is 31.1 Å². The first-order chi connectivity index (χ1) is 5.04. The number of rotatable bonds is 5. The SMILES string of the molecule is COC(C)(C)C(Br)CCCI. The van der Waals surface area contributed by atoms with Gasteiger partial charge >= 0.3 is 0 Å². The summed E-state index contributed by atoms with van der Waals surface area (Å²) in [6, 6.07) is 0. The van der Waals surface area contributed by atoms with Crippen molar-refractivity contribution in [2.24, 2.45) is 0 Å². The lowest BCUT2D eigenvalue weighted by Crippen LogP contribution is -2.33. The number of alkyl halides is 2. The Bertz CT molecular complexity index is 106. The number of hydrogen-bond acceptors (Lipinski definition) is 1. The van der Waals surface area contributed by atoms with E-state index in [1.807, 2.05) is 0 Å². The van der Waals surface area contributed by atoms with Crippen molar-refractivity contribution < 1.29 is 4.74 Å². The van der Waals surface area contributed by atoms with Crippen LogP contribution >= 0.6 is 38.5 Å². The zero-order chi connectivity index (χ0) is 8.91. The van der Waals surface area contributed by atoms with Crippen LogP contribution in [0.15, 0.2) is 0 Å². The van der Waals surface area contributed by atoms with Gasteiger partial charge in [0.25, 0.3) is 0 Å². The highest BCUT2D eigenvalue weighted by Gasteiger charge is 2.25. The maximum atomic E-state index is 5.35. The predicted octanol–water partition coefficient (Wildman–Crippen LogP) is 3.39. The highest BCUT2D eigenvalue weighted by atomic mass is 127. The molecule has 0 aliphatic rings. The Morgan fingerprint density at radius 2 is 2.09 bits per heavy atom. The molecular weight excluding hydrogens is 319 g/mol. The second-order valence-corrected chi connectivity index (χ2v) is 5.29. The summed E-state index contributed by atoms with van der Waals surface area (Å²) in [4.78, 5) is 0.467. The lowest BCUT2D eigenvalue weighted by atomic mass is 10.0. The molecule has 0 aromatic rings. The van der Waals surface area contributed by atoms with E-state index in [2.05, 4.69) is 52.4 Å². The van der Waals surface area contributed by atoms with Crippen LogP contribution in [0.4, 0.5) is 0 Å². The van der Waals surface area contributed by atoms with Crippen molar-refractivity contribution in [2.45, 2.75) is 37.1 Å². The number of ether oxygens (including phenoxy) is 1. The molecule has 0 aliphatic heterocycles. The van der Waals surface area contributed by atoms with Crippen LogP contribution in [-0.2, 0) is 4.74 Å². The second-order valence-electron chi connectivity index (χ2n) is 3.11. The van der Waals surface area contributed by atoms with E-state index in [9.17, 15) is 0 Å². The van der Waals surface area contributed by atoms with Gasteiger partial charge in [0.2, 0.25) is 0 Å². The molecule has 1 atom stereocenters. The van der Waals surface area contributed by atoms with Gasteiger partial charge < -0.3 is 4.74 Å². The lowest BCUT2D eigenvalue weighted by Gasteiger charge is -2.28. The summed E-state index contributed by atoms with van der Waals surface area (Å²) in [6.07, 6.45) is 2.44. The Morgan fingerprint density at radius 1 is 1.55 bits per heavy atom. The summed E-state index contributed by atoms with van der Waals surface area (Å²) >= 11 is 6.03. The van der Waals surface area contributed by atoms with Crippen molar-refractivity contribution >= 4 is 38.5 Å². The molecule has 3 heteroatoms. The van der Waals surface area contributed by atoms with Crippen LogP contribution in [0, 0.1) is 0 Å². The molecule has 0 aromatic heterocycles. The van der Waals surface area contributed by atoms with Gasteiger partial charge in [0.05, 0.1) is 5.60 Å². The van der Waals surface area contributed by atoms with Crippen LogP contribution in [0.1, 0.15) is 26.7 Å². The van der Waals surface area contributed by atoms with Gasteiger partial charge in [-0.3, -0.25) is 0 Å². The molecule has 0 radical (unpaired) electrons. The zero-order valence-corrected chi connectivity index (χ0v) is 11.1. The molecule has 0 aliphatic carbocycles. The molecule has 0 N–H and O–H groups in total. The molecular formula is C8H16BrIO. The van der Waals surface area contributed by atoms with Crippen LogP contribution in [0.2, 0.25) is 0 Å². The Labute approximate surface area is 91.5 Å². The van der Waals surface area contributed by atoms with E-state index in [4.69, 9.17) is 4.74 Å². The standard InChI is InChI=1S/C8H16BrIO/c1-8(2,11-3)7(9)5-4-6-10/h7H,4-6H2,1-3H3. The Hall–Kier alpha value is 1.17. The third-order valence-electron chi connectivity index (χ3n) is 1.87. The van der Waals surface area contributed by atoms with Crippen molar-refractivity contribution in [3.05, 3.63) is 0 Å². The van der Waals surface area contributed by atoms with Crippen molar-refractivity contribution in [2.75, 3.05) is 11.5 Å². The Kier molecular flexibility index (Phi) is 6.37. The second kappa shape index (κ2) is 5.75. The van der Waals surface area contributed by atoms with Gasteiger partial charge in [0, 0.05) is 11.9 Å². The van der Waals surface area contributed by atoms with Gasteiger partial charge in [0.15, 0.2) is 0 Å². The van der Waals surface area contributed by atoms with E-state index in [1.165, 1.54) is 17.3 Å². The van der Waals surface area contributed by atoms with E-state index >= 15 is 0 Å². The molecule has 68 valence electrons. The highest BCUT2D eigenvalue weighted by molar-refractivity contribution is 14.1. The van der Waals surface area contributed by atoms with Gasteiger partial charge in [-0.1, -0.05) is 38.5 Å². The van der Waals surface area contributed by atoms with E-state index < -0.39 is 0 Å². The fourth-order valence-electron chi connectivity index (χ4n) is 0.732. The van der Waals surface area contributed by atoms with Crippen LogP contribution in [0.5, 0.6) is 0 Å². The highest BCUT2D eigenvalue weighted by Crippen LogP contribution is 2.25. The van der Waals surface area contributed by atoms with E-state index in [0.717, 1.165) is 0 Å². The van der Waals surface area contributed by atoms with Crippen molar-refractivity contribution in [3.63, 3.8) is 0 Å². The molecule has 0 aromatic carbocycles. The van der Waals surface area contributed by atoms with Crippen LogP contribution < -0.4 is 0 Å². The molecule has 1 nitrogen and oxygen atoms in total. The zero-order valence-electron chi connectivity index (χ0n) is 7.36. The molecule has 11 heavy (non-hydrogen) atoms. The minimum atomic E-state index is -0.0359. The molecule has 0 amide bonds. The molecule has 0 spiro atoms. The predicted molar refractivity (Wildman–Crippen MR) is 61.9 cm³/mol. The first-order valence-electron chi connectivity index (χ1n) is 3.79. The first-order valence-corrected chi connectivity index (χ1v) is 6.24. The lowest BCUT2D eigenvalue weighted by molar-refractivity contribution is 0.0209. The van der Waals surface area contributed by atoms with Crippen molar-refractivity contribution in [1.82, 2.24) is 0 Å². The van der Waals surface area contributed by atoms with Gasteiger partial charge in [-0.15, -0.1) is 0 Å². The molecule has 0 saturated carbocycles. The minimum Gasteiger partial charge on any atom is -0.378 e. The average Bonchev–Trinajstić information content (AvgIpc) is 2.00. The van der Waals surface area contributed by atoms with E-state index in [1.54, 1.807) is 7.11 Å². The fraction of sp³-hybridized carbons (Fsp3) is 1.00. The molecule has 0 fully saturated rings. The number of hydrogen-bond donors (Lipinski definition) is 0. The van der Waals surface area contributed by atoms with Gasteiger partial charge in [-0.25, -0.2) is 0 Å². The quantitative estimate of drug-likeness (QED) is 0.553. The molecule has 0 bridgehead atoms.